The summed E-state index contributed by atoms with van der Waals surface area (Å²) in [7, 11) is 1.30. The predicted octanol–water partition coefficient (Wildman–Crippen LogP) is 3.05. The molecule has 5 heteroatoms. The van der Waals surface area contributed by atoms with Crippen LogP contribution in [0, 0.1) is 5.82 Å². The van der Waals surface area contributed by atoms with Crippen LogP contribution >= 0.6 is 0 Å². The predicted molar refractivity (Wildman–Crippen MR) is 75.2 cm³/mol. The van der Waals surface area contributed by atoms with Crippen LogP contribution in [0.5, 0.6) is 0 Å². The fraction of sp³-hybridized carbons (Fsp3) is 0.267. The minimum atomic E-state index is -0.488. The first-order valence-corrected chi connectivity index (χ1v) is 6.41. The molecule has 0 spiro atoms. The van der Waals surface area contributed by atoms with Crippen molar-refractivity contribution in [3.8, 4) is 0 Å². The Morgan fingerprint density at radius 1 is 1.40 bits per heavy atom. The lowest BCUT2D eigenvalue weighted by Gasteiger charge is -2.12. The third-order valence-corrected chi connectivity index (χ3v) is 3.11. The van der Waals surface area contributed by atoms with E-state index >= 15 is 0 Å². The first-order valence-electron chi connectivity index (χ1n) is 6.41. The lowest BCUT2D eigenvalue weighted by molar-refractivity contribution is 0.0602. The molecule has 0 amide bonds. The highest BCUT2D eigenvalue weighted by atomic mass is 19.1. The number of rotatable bonds is 5. The van der Waals surface area contributed by atoms with Crippen LogP contribution in [0.3, 0.4) is 0 Å². The number of hydrogen-bond donors (Lipinski definition) is 1. The second-order valence-electron chi connectivity index (χ2n) is 4.32. The fourth-order valence-electron chi connectivity index (χ4n) is 2.05. The van der Waals surface area contributed by atoms with Crippen molar-refractivity contribution in [3.05, 3.63) is 53.6 Å². The smallest absolute Gasteiger partial charge is 0.339 e. The van der Waals surface area contributed by atoms with Gasteiger partial charge in [-0.2, -0.15) is 0 Å². The number of benzene rings is 1. The summed E-state index contributed by atoms with van der Waals surface area (Å²) in [5.41, 5.74) is 1.82. The molecule has 0 radical (unpaired) electrons. The first kappa shape index (κ1) is 14.1. The van der Waals surface area contributed by atoms with E-state index in [-0.39, 0.29) is 0 Å². The molecule has 2 aromatic rings. The number of nitrogens with one attached hydrogen (secondary N) is 1. The molecular formula is C15H17FN2O2. The molecule has 0 aliphatic carbocycles. The molecule has 4 nitrogen and oxygen atoms in total. The van der Waals surface area contributed by atoms with Crippen LogP contribution in [0.15, 0.2) is 36.5 Å². The number of carbonyl (C=O) groups excluding carboxylic acids is 1. The molecule has 1 heterocycles. The topological polar surface area (TPSA) is 43.3 Å². The molecule has 0 saturated carbocycles. The maximum Gasteiger partial charge on any atom is 0.339 e. The van der Waals surface area contributed by atoms with Crippen molar-refractivity contribution in [3.63, 3.8) is 0 Å². The van der Waals surface area contributed by atoms with Gasteiger partial charge in [0.25, 0.3) is 0 Å². The van der Waals surface area contributed by atoms with Crippen LogP contribution in [0.1, 0.15) is 23.0 Å². The van der Waals surface area contributed by atoms with E-state index in [4.69, 9.17) is 4.74 Å². The zero-order chi connectivity index (χ0) is 14.5. The fourth-order valence-corrected chi connectivity index (χ4v) is 2.05. The van der Waals surface area contributed by atoms with Gasteiger partial charge >= 0.3 is 5.97 Å². The van der Waals surface area contributed by atoms with Crippen molar-refractivity contribution in [2.45, 2.75) is 20.0 Å². The molecule has 1 aromatic heterocycles. The number of ether oxygens (including phenoxy) is 1. The van der Waals surface area contributed by atoms with Crippen molar-refractivity contribution < 1.29 is 13.9 Å². The highest BCUT2D eigenvalue weighted by Gasteiger charge is 2.12. The number of aromatic nitrogens is 1. The van der Waals surface area contributed by atoms with Crippen LogP contribution in [0.4, 0.5) is 10.1 Å². The van der Waals surface area contributed by atoms with E-state index in [1.807, 2.05) is 25.3 Å². The Labute approximate surface area is 117 Å². The molecule has 106 valence electrons. The average molecular weight is 276 g/mol. The molecule has 1 N–H and O–H groups in total. The Morgan fingerprint density at radius 2 is 2.20 bits per heavy atom. The summed E-state index contributed by atoms with van der Waals surface area (Å²) in [6, 6.07) is 7.89. The second-order valence-corrected chi connectivity index (χ2v) is 4.32. The van der Waals surface area contributed by atoms with Gasteiger partial charge in [0.1, 0.15) is 5.82 Å². The highest BCUT2D eigenvalue weighted by molar-refractivity contribution is 5.95. The van der Waals surface area contributed by atoms with E-state index in [0.717, 1.165) is 12.2 Å². The van der Waals surface area contributed by atoms with Crippen LogP contribution in [0.2, 0.25) is 0 Å². The minimum absolute atomic E-state index is 0.323. The zero-order valence-corrected chi connectivity index (χ0v) is 11.5. The monoisotopic (exact) mass is 276 g/mol. The molecule has 0 fully saturated rings. The van der Waals surface area contributed by atoms with E-state index in [9.17, 15) is 9.18 Å². The number of methoxy groups -OCH3 is 1. The largest absolute Gasteiger partial charge is 0.465 e. The summed E-state index contributed by atoms with van der Waals surface area (Å²) in [4.78, 5) is 11.6. The Morgan fingerprint density at radius 3 is 2.90 bits per heavy atom. The average Bonchev–Trinajstić information content (AvgIpc) is 2.91. The van der Waals surface area contributed by atoms with Crippen molar-refractivity contribution in [2.75, 3.05) is 12.4 Å². The molecule has 1 aromatic carbocycles. The van der Waals surface area contributed by atoms with Gasteiger partial charge < -0.3 is 14.6 Å². The molecule has 0 atom stereocenters. The minimum Gasteiger partial charge on any atom is -0.465 e. The number of carbonyl (C=O) groups is 1. The Kier molecular flexibility index (Phi) is 4.40. The van der Waals surface area contributed by atoms with Gasteiger partial charge in [0.15, 0.2) is 0 Å². The standard InChI is InChI=1S/C15H17FN2O2/c1-3-18-8-4-5-12(18)10-17-14-9-11(16)6-7-13(14)15(19)20-2/h4-9,17H,3,10H2,1-2H3. The number of hydrogen-bond acceptors (Lipinski definition) is 3. The molecule has 0 saturated heterocycles. The van der Waals surface area contributed by atoms with Gasteiger partial charge in [0.05, 0.1) is 24.9 Å². The molecular weight excluding hydrogens is 259 g/mol. The molecule has 0 unspecified atom stereocenters. The molecule has 0 aliphatic heterocycles. The maximum absolute atomic E-state index is 13.3. The van der Waals surface area contributed by atoms with E-state index in [0.29, 0.717) is 17.8 Å². The Bertz CT molecular complexity index is 608. The van der Waals surface area contributed by atoms with Crippen LogP contribution in [-0.4, -0.2) is 17.6 Å². The van der Waals surface area contributed by atoms with Crippen molar-refractivity contribution in [2.24, 2.45) is 0 Å². The number of halogens is 1. The summed E-state index contributed by atoms with van der Waals surface area (Å²) in [5, 5.41) is 3.08. The molecule has 0 bridgehead atoms. The third-order valence-electron chi connectivity index (χ3n) is 3.11. The summed E-state index contributed by atoms with van der Waals surface area (Å²) in [6.07, 6.45) is 1.98. The van der Waals surface area contributed by atoms with E-state index in [1.165, 1.54) is 25.3 Å². The van der Waals surface area contributed by atoms with Crippen LogP contribution in [0.25, 0.3) is 0 Å². The molecule has 0 aliphatic rings. The number of esters is 1. The number of anilines is 1. The number of aryl methyl sites for hydroxylation is 1. The van der Waals surface area contributed by atoms with Crippen LogP contribution < -0.4 is 5.32 Å². The maximum atomic E-state index is 13.3. The summed E-state index contributed by atoms with van der Waals surface area (Å²) in [6.45, 7) is 3.41. The van der Waals surface area contributed by atoms with E-state index in [1.54, 1.807) is 0 Å². The SMILES string of the molecule is CCn1cccc1CNc1cc(F)ccc1C(=O)OC. The summed E-state index contributed by atoms with van der Waals surface area (Å²) >= 11 is 0. The lowest BCUT2D eigenvalue weighted by atomic mass is 10.1. The van der Waals surface area contributed by atoms with Crippen molar-refractivity contribution >= 4 is 11.7 Å². The Balaban J connectivity index is 2.20. The van der Waals surface area contributed by atoms with E-state index < -0.39 is 11.8 Å². The van der Waals surface area contributed by atoms with E-state index in [2.05, 4.69) is 9.88 Å². The normalized spacial score (nSPS) is 10.3. The zero-order valence-electron chi connectivity index (χ0n) is 11.5. The quantitative estimate of drug-likeness (QED) is 0.854. The van der Waals surface area contributed by atoms with Crippen molar-refractivity contribution in [1.82, 2.24) is 4.57 Å². The van der Waals surface area contributed by atoms with Gasteiger partial charge in [-0.1, -0.05) is 0 Å². The van der Waals surface area contributed by atoms with Gasteiger partial charge in [-0.05, 0) is 37.3 Å². The lowest BCUT2D eigenvalue weighted by Crippen LogP contribution is -2.10. The molecule has 2 rings (SSSR count). The van der Waals surface area contributed by atoms with Gasteiger partial charge in [0.2, 0.25) is 0 Å². The highest BCUT2D eigenvalue weighted by Crippen LogP contribution is 2.19. The second kappa shape index (κ2) is 6.23. The Hall–Kier alpha value is -2.30. The summed E-state index contributed by atoms with van der Waals surface area (Å²) < 4.78 is 20.1. The van der Waals surface area contributed by atoms with Crippen LogP contribution in [-0.2, 0) is 17.8 Å². The summed E-state index contributed by atoms with van der Waals surface area (Å²) in [5.74, 6) is -0.885. The van der Waals surface area contributed by atoms with Gasteiger partial charge in [-0.25, -0.2) is 9.18 Å². The first-order chi connectivity index (χ1) is 9.65. The third kappa shape index (κ3) is 2.99. The van der Waals surface area contributed by atoms with Gasteiger partial charge in [0, 0.05) is 18.4 Å². The van der Waals surface area contributed by atoms with Gasteiger partial charge in [-0.3, -0.25) is 0 Å². The van der Waals surface area contributed by atoms with Gasteiger partial charge in [-0.15, -0.1) is 0 Å². The number of nitrogens with zero attached hydrogens (tertiary/aromatic N) is 1. The van der Waals surface area contributed by atoms with Crippen molar-refractivity contribution in [1.29, 1.82) is 0 Å². The molecule has 20 heavy (non-hydrogen) atoms.